The molecule has 0 aliphatic carbocycles. The van der Waals surface area contributed by atoms with Gasteiger partial charge in [-0.05, 0) is 38.5 Å². The molecule has 0 radical (unpaired) electrons. The first-order chi connectivity index (χ1) is 10.0. The lowest BCUT2D eigenvalue weighted by atomic mass is 9.99. The SMILES string of the molecule is Cc1ccc(C(=O)c2ccccc2)c(N(C#N)C(C)C)c1. The number of nitrogens with zero attached hydrogens (tertiary/aromatic N) is 2. The number of hydrogen-bond acceptors (Lipinski definition) is 3. The number of carbonyl (C=O) groups excluding carboxylic acids is 1. The predicted molar refractivity (Wildman–Crippen MR) is 84.3 cm³/mol. The van der Waals surface area contributed by atoms with Crippen LogP contribution in [0, 0.1) is 18.4 Å². The molecule has 2 aromatic carbocycles. The van der Waals surface area contributed by atoms with E-state index in [1.807, 2.05) is 51.1 Å². The highest BCUT2D eigenvalue weighted by atomic mass is 16.1. The van der Waals surface area contributed by atoms with Crippen LogP contribution in [-0.4, -0.2) is 11.8 Å². The Morgan fingerprint density at radius 1 is 1.14 bits per heavy atom. The lowest BCUT2D eigenvalue weighted by molar-refractivity contribution is 0.103. The number of rotatable bonds is 4. The highest BCUT2D eigenvalue weighted by Gasteiger charge is 2.19. The van der Waals surface area contributed by atoms with Crippen molar-refractivity contribution in [1.82, 2.24) is 0 Å². The number of ketones is 1. The van der Waals surface area contributed by atoms with Gasteiger partial charge in [0.25, 0.3) is 0 Å². The minimum Gasteiger partial charge on any atom is -0.289 e. The van der Waals surface area contributed by atoms with Gasteiger partial charge < -0.3 is 0 Å². The molecule has 106 valence electrons. The molecule has 0 spiro atoms. The summed E-state index contributed by atoms with van der Waals surface area (Å²) in [5.41, 5.74) is 2.88. The first kappa shape index (κ1) is 14.8. The normalized spacial score (nSPS) is 10.2. The van der Waals surface area contributed by atoms with Gasteiger partial charge in [-0.15, -0.1) is 0 Å². The van der Waals surface area contributed by atoms with E-state index in [2.05, 4.69) is 6.19 Å². The molecule has 0 aromatic heterocycles. The molecule has 0 heterocycles. The van der Waals surface area contributed by atoms with Gasteiger partial charge in [0, 0.05) is 17.2 Å². The van der Waals surface area contributed by atoms with Crippen LogP contribution in [0.5, 0.6) is 0 Å². The lowest BCUT2D eigenvalue weighted by Crippen LogP contribution is -2.27. The summed E-state index contributed by atoms with van der Waals surface area (Å²) in [7, 11) is 0. The standard InChI is InChI=1S/C18H18N2O/c1-13(2)20(12-19)17-11-14(3)9-10-16(17)18(21)15-7-5-4-6-8-15/h4-11,13H,1-3H3. The van der Waals surface area contributed by atoms with Gasteiger partial charge in [0.15, 0.2) is 12.0 Å². The average Bonchev–Trinajstić information content (AvgIpc) is 2.48. The lowest BCUT2D eigenvalue weighted by Gasteiger charge is -2.23. The highest BCUT2D eigenvalue weighted by molar-refractivity contribution is 6.12. The molecular formula is C18H18N2O. The molecule has 21 heavy (non-hydrogen) atoms. The van der Waals surface area contributed by atoms with Crippen molar-refractivity contribution >= 4 is 11.5 Å². The number of hydrogen-bond donors (Lipinski definition) is 0. The second kappa shape index (κ2) is 6.23. The Balaban J connectivity index is 2.55. The minimum atomic E-state index is -0.0634. The van der Waals surface area contributed by atoms with E-state index in [9.17, 15) is 10.1 Å². The van der Waals surface area contributed by atoms with Crippen LogP contribution in [0.3, 0.4) is 0 Å². The average molecular weight is 278 g/mol. The van der Waals surface area contributed by atoms with Crippen LogP contribution in [0.25, 0.3) is 0 Å². The molecular weight excluding hydrogens is 260 g/mol. The van der Waals surface area contributed by atoms with E-state index < -0.39 is 0 Å². The van der Waals surface area contributed by atoms with Crippen molar-refractivity contribution in [2.75, 3.05) is 4.90 Å². The number of nitriles is 1. The fourth-order valence-corrected chi connectivity index (χ4v) is 2.23. The monoisotopic (exact) mass is 278 g/mol. The van der Waals surface area contributed by atoms with Crippen LogP contribution in [0.2, 0.25) is 0 Å². The molecule has 0 fully saturated rings. The van der Waals surface area contributed by atoms with Crippen LogP contribution in [0.4, 0.5) is 5.69 Å². The summed E-state index contributed by atoms with van der Waals surface area (Å²) in [6.45, 7) is 5.82. The Bertz CT molecular complexity index is 684. The van der Waals surface area contributed by atoms with E-state index in [1.54, 1.807) is 23.1 Å². The van der Waals surface area contributed by atoms with Crippen LogP contribution in [0.1, 0.15) is 35.3 Å². The maximum atomic E-state index is 12.7. The van der Waals surface area contributed by atoms with E-state index in [0.717, 1.165) is 5.56 Å². The van der Waals surface area contributed by atoms with E-state index in [-0.39, 0.29) is 11.8 Å². The van der Waals surface area contributed by atoms with Gasteiger partial charge in [-0.25, -0.2) is 0 Å². The molecule has 0 bridgehead atoms. The van der Waals surface area contributed by atoms with Gasteiger partial charge in [-0.3, -0.25) is 9.69 Å². The summed E-state index contributed by atoms with van der Waals surface area (Å²) in [6, 6.07) is 14.7. The van der Waals surface area contributed by atoms with Gasteiger partial charge in [-0.1, -0.05) is 36.4 Å². The van der Waals surface area contributed by atoms with Gasteiger partial charge in [0.2, 0.25) is 0 Å². The quantitative estimate of drug-likeness (QED) is 0.483. The Labute approximate surface area is 125 Å². The van der Waals surface area contributed by atoms with Gasteiger partial charge in [-0.2, -0.15) is 5.26 Å². The third-order valence-corrected chi connectivity index (χ3v) is 3.32. The molecule has 0 saturated carbocycles. The van der Waals surface area contributed by atoms with Crippen LogP contribution >= 0.6 is 0 Å². The smallest absolute Gasteiger partial charge is 0.195 e. The first-order valence-corrected chi connectivity index (χ1v) is 6.94. The Morgan fingerprint density at radius 3 is 2.38 bits per heavy atom. The van der Waals surface area contributed by atoms with Gasteiger partial charge >= 0.3 is 0 Å². The molecule has 0 aliphatic rings. The van der Waals surface area contributed by atoms with E-state index >= 15 is 0 Å². The van der Waals surface area contributed by atoms with Crippen LogP contribution in [-0.2, 0) is 0 Å². The summed E-state index contributed by atoms with van der Waals surface area (Å²) in [5, 5.41) is 9.38. The van der Waals surface area contributed by atoms with E-state index in [1.165, 1.54) is 0 Å². The van der Waals surface area contributed by atoms with Crippen molar-refractivity contribution in [2.24, 2.45) is 0 Å². The summed E-state index contributed by atoms with van der Waals surface area (Å²) in [6.07, 6.45) is 2.17. The zero-order valence-corrected chi connectivity index (χ0v) is 12.5. The molecule has 2 rings (SSSR count). The maximum absolute atomic E-state index is 12.7. The zero-order valence-electron chi connectivity index (χ0n) is 12.5. The van der Waals surface area contributed by atoms with Crippen molar-refractivity contribution in [3.63, 3.8) is 0 Å². The van der Waals surface area contributed by atoms with Gasteiger partial charge in [0.05, 0.1) is 5.69 Å². The number of anilines is 1. The largest absolute Gasteiger partial charge is 0.289 e. The van der Waals surface area contributed by atoms with Crippen LogP contribution < -0.4 is 4.90 Å². The van der Waals surface area contributed by atoms with Crippen molar-refractivity contribution in [2.45, 2.75) is 26.8 Å². The molecule has 3 heteroatoms. The third kappa shape index (κ3) is 3.11. The molecule has 0 unspecified atom stereocenters. The van der Waals surface area contributed by atoms with E-state index in [0.29, 0.717) is 16.8 Å². The summed E-state index contributed by atoms with van der Waals surface area (Å²) >= 11 is 0. The fourth-order valence-electron chi connectivity index (χ4n) is 2.23. The second-order valence-corrected chi connectivity index (χ2v) is 5.28. The Morgan fingerprint density at radius 2 is 1.81 bits per heavy atom. The number of aryl methyl sites for hydroxylation is 1. The maximum Gasteiger partial charge on any atom is 0.195 e. The van der Waals surface area contributed by atoms with Gasteiger partial charge in [0.1, 0.15) is 0 Å². The first-order valence-electron chi connectivity index (χ1n) is 6.94. The molecule has 2 aromatic rings. The van der Waals surface area contributed by atoms with Crippen LogP contribution in [0.15, 0.2) is 48.5 Å². The summed E-state index contributed by atoms with van der Waals surface area (Å²) in [5.74, 6) is -0.0634. The molecule has 3 nitrogen and oxygen atoms in total. The molecule has 0 atom stereocenters. The fraction of sp³-hybridized carbons (Fsp3) is 0.222. The summed E-state index contributed by atoms with van der Waals surface area (Å²) in [4.78, 5) is 14.3. The molecule has 0 N–H and O–H groups in total. The zero-order chi connectivity index (χ0) is 15.4. The number of carbonyl (C=O) groups is 1. The van der Waals surface area contributed by atoms with Crippen molar-refractivity contribution in [3.05, 3.63) is 65.2 Å². The second-order valence-electron chi connectivity index (χ2n) is 5.28. The minimum absolute atomic E-state index is 0.000812. The Hall–Kier alpha value is -2.60. The van der Waals surface area contributed by atoms with Crippen molar-refractivity contribution < 1.29 is 4.79 Å². The Kier molecular flexibility index (Phi) is 4.39. The molecule has 0 aliphatic heterocycles. The highest BCUT2D eigenvalue weighted by Crippen LogP contribution is 2.26. The third-order valence-electron chi connectivity index (χ3n) is 3.32. The molecule has 0 amide bonds. The summed E-state index contributed by atoms with van der Waals surface area (Å²) < 4.78 is 0. The molecule has 0 saturated heterocycles. The predicted octanol–water partition coefficient (Wildman–Crippen LogP) is 3.92. The van der Waals surface area contributed by atoms with Crippen molar-refractivity contribution in [1.29, 1.82) is 5.26 Å². The topological polar surface area (TPSA) is 44.1 Å². The number of benzene rings is 2. The van der Waals surface area contributed by atoms with Crippen molar-refractivity contribution in [3.8, 4) is 6.19 Å². The van der Waals surface area contributed by atoms with E-state index in [4.69, 9.17) is 0 Å².